The Bertz CT molecular complexity index is 2100. The van der Waals surface area contributed by atoms with Crippen molar-refractivity contribution in [1.29, 1.82) is 0 Å². The van der Waals surface area contributed by atoms with Crippen LogP contribution in [-0.4, -0.2) is 252 Å². The van der Waals surface area contributed by atoms with Gasteiger partial charge in [0.25, 0.3) is 0 Å². The maximum absolute atomic E-state index is 12.5. The molecule has 0 aromatic rings. The number of hydrogen-bond donors (Lipinski definition) is 11. The Morgan fingerprint density at radius 2 is 0.961 bits per heavy atom. The molecule has 40 heteroatoms. The van der Waals surface area contributed by atoms with Crippen LogP contribution >= 0.6 is 0 Å². The van der Waals surface area contributed by atoms with Crippen molar-refractivity contribution >= 4 is 50.5 Å². The van der Waals surface area contributed by atoms with Crippen molar-refractivity contribution in [3.05, 3.63) is 0 Å². The number of aliphatic carboxylic acids is 2. The van der Waals surface area contributed by atoms with Gasteiger partial charge in [0.1, 0.15) is 97.5 Å². The fraction of sp³-hybridized carbons (Fsp3) is 0.865. The Hall–Kier alpha value is 0.450. The van der Waals surface area contributed by atoms with E-state index in [0.29, 0.717) is 32.2 Å². The smallest absolute Gasteiger partial charge is 0.726 e. The monoisotopic (exact) mass is 1200 g/mol. The summed E-state index contributed by atoms with van der Waals surface area (Å²) in [5, 5.41) is 118. The largest absolute Gasteiger partial charge is 1.00 e. The molecule has 4 saturated heterocycles. The molecule has 3 amide bonds. The van der Waals surface area contributed by atoms with Crippen LogP contribution in [-0.2, 0) is 91.0 Å². The van der Waals surface area contributed by atoms with Crippen LogP contribution in [0.1, 0.15) is 46.0 Å². The normalized spacial score (nSPS) is 35.3. The molecule has 0 aromatic heterocycles. The van der Waals surface area contributed by atoms with Crippen molar-refractivity contribution < 1.29 is 265 Å². The molecule has 4 fully saturated rings. The van der Waals surface area contributed by atoms with Gasteiger partial charge in [0.2, 0.25) is 38.5 Å². The maximum atomic E-state index is 12.5. The molecule has 0 bridgehead atoms. The number of hydrogen-bond acceptors (Lipinski definition) is 31. The molecule has 0 saturated carbocycles. The first-order valence-corrected chi connectivity index (χ1v) is 24.7. The van der Waals surface area contributed by atoms with Gasteiger partial charge in [0, 0.05) is 33.4 Å². The minimum Gasteiger partial charge on any atom is -0.726 e. The number of aliphatic hydroxyl groups is 8. The molecule has 4 rings (SSSR count). The van der Waals surface area contributed by atoms with Crippen molar-refractivity contribution in [2.75, 3.05) is 33.0 Å². The Morgan fingerprint density at radius 1 is 0.532 bits per heavy atom. The van der Waals surface area contributed by atoms with Crippen molar-refractivity contribution in [3.63, 3.8) is 0 Å². The van der Waals surface area contributed by atoms with Crippen LogP contribution < -0.4 is 144 Å². The number of unbranched alkanes of at least 4 members (excludes halogenated alkanes) is 3. The molecular weight excluding hydrogens is 1140 g/mol. The molecule has 77 heavy (non-hydrogen) atoms. The van der Waals surface area contributed by atoms with Crippen molar-refractivity contribution in [3.8, 4) is 0 Å². The molecule has 4 aliphatic heterocycles. The summed E-state index contributed by atoms with van der Waals surface area (Å²) in [7, 11) is -11.1. The molecule has 34 nitrogen and oxygen atoms in total. The maximum Gasteiger partial charge on any atom is 1.00 e. The number of rotatable bonds is 26. The predicted octanol–water partition coefficient (Wildman–Crippen LogP) is -23.9. The molecule has 0 aliphatic carbocycles. The van der Waals surface area contributed by atoms with Gasteiger partial charge in [0.15, 0.2) is 25.2 Å². The van der Waals surface area contributed by atoms with E-state index in [1.54, 1.807) is 0 Å². The van der Waals surface area contributed by atoms with Gasteiger partial charge < -0.3 is 124 Å². The molecule has 20 unspecified atom stereocenters. The zero-order valence-corrected chi connectivity index (χ0v) is 52.0. The zero-order chi connectivity index (χ0) is 54.7. The Balaban J connectivity index is 0.0000144. The van der Waals surface area contributed by atoms with Gasteiger partial charge in [-0.05, 0) is 12.8 Å². The van der Waals surface area contributed by atoms with Gasteiger partial charge in [-0.2, -0.15) is 0 Å². The molecule has 422 valence electrons. The quantitative estimate of drug-likeness (QED) is 0.0166. The van der Waals surface area contributed by atoms with E-state index in [1.165, 1.54) is 0 Å². The first-order valence-electron chi connectivity index (χ1n) is 22.0. The third kappa shape index (κ3) is 23.4. The van der Waals surface area contributed by atoms with E-state index in [-0.39, 0.29) is 144 Å². The summed E-state index contributed by atoms with van der Waals surface area (Å²) in [5.74, 6) is -6.65. The van der Waals surface area contributed by atoms with E-state index < -0.39 is 180 Å². The van der Waals surface area contributed by atoms with Crippen LogP contribution in [0, 0.1) is 0 Å². The van der Waals surface area contributed by atoms with E-state index in [4.69, 9.17) is 43.0 Å². The van der Waals surface area contributed by atoms with Crippen molar-refractivity contribution in [1.82, 2.24) is 16.0 Å². The van der Waals surface area contributed by atoms with Crippen LogP contribution in [0.3, 0.4) is 0 Å². The van der Waals surface area contributed by atoms with E-state index in [9.17, 15) is 95.9 Å². The fourth-order valence-corrected chi connectivity index (χ4v) is 8.47. The van der Waals surface area contributed by atoms with Gasteiger partial charge >= 0.3 is 118 Å². The standard InChI is InChI=1S/C37H61N3O31S2.4Na/c1-13(42)39-18-21(46)20(45)15(11-63-72(56,57)58)65-34(18)68-29-24(49)26(51)37(71-31(29)33(54)55)67-27-16(12-64-73(59,60)61)66-35(19(22(27)47)40-14(2)43)69-28-23(48)25(50)36(70-30(28)32(52)53)62-10-6-4-3-5-8-38-17(44)7-9-41;;;;/h15-16,18-31,34-37,41,45-51H,3-12H2,1-2H3,(H,38,44)(H,39,42)(H,40,43)(H,52,53)(H,54,55)(H,56,57,58)(H,59,60,61);;;;/q;4*+1/p-4. The molecule has 0 radical (unpaired) electrons. The summed E-state index contributed by atoms with van der Waals surface area (Å²) in [6.07, 6.45) is -39.2. The zero-order valence-electron chi connectivity index (χ0n) is 42.4. The van der Waals surface area contributed by atoms with Crippen LogP contribution in [0.5, 0.6) is 0 Å². The number of carbonyl (C=O) groups excluding carboxylic acids is 5. The number of amides is 3. The Kier molecular flexibility index (Phi) is 35.9. The third-order valence-corrected chi connectivity index (χ3v) is 12.2. The predicted molar refractivity (Wildman–Crippen MR) is 217 cm³/mol. The van der Waals surface area contributed by atoms with Crippen molar-refractivity contribution in [2.24, 2.45) is 0 Å². The second kappa shape index (κ2) is 35.7. The molecular formula is C37H57N3Na4O31S2. The third-order valence-electron chi connectivity index (χ3n) is 11.3. The number of nitrogens with one attached hydrogen (secondary N) is 3. The van der Waals surface area contributed by atoms with E-state index in [2.05, 4.69) is 24.3 Å². The molecule has 0 aromatic carbocycles. The summed E-state index contributed by atoms with van der Waals surface area (Å²) in [6.45, 7) is -1.13. The number of carbonyl (C=O) groups is 5. The van der Waals surface area contributed by atoms with Gasteiger partial charge in [-0.3, -0.25) is 22.7 Å². The van der Waals surface area contributed by atoms with Crippen LogP contribution in [0.4, 0.5) is 0 Å². The number of ether oxygens (including phenoxy) is 8. The molecule has 0 spiro atoms. The molecule has 4 heterocycles. The van der Waals surface area contributed by atoms with E-state index >= 15 is 0 Å². The Morgan fingerprint density at radius 3 is 1.43 bits per heavy atom. The second-order valence-corrected chi connectivity index (χ2v) is 18.9. The summed E-state index contributed by atoms with van der Waals surface area (Å²) in [4.78, 5) is 60.8. The fourth-order valence-electron chi connectivity index (χ4n) is 7.87. The molecule has 20 atom stereocenters. The van der Waals surface area contributed by atoms with Gasteiger partial charge in [-0.15, -0.1) is 0 Å². The minimum absolute atomic E-state index is 0. The average molecular weight is 1200 g/mol. The van der Waals surface area contributed by atoms with Crippen LogP contribution in [0.2, 0.25) is 0 Å². The minimum atomic E-state index is -5.67. The first kappa shape index (κ1) is 77.5. The summed E-state index contributed by atoms with van der Waals surface area (Å²) >= 11 is 0. The summed E-state index contributed by atoms with van der Waals surface area (Å²) in [6, 6.07) is -3.93. The number of carboxylic acid groups (broad SMARTS) is 2. The summed E-state index contributed by atoms with van der Waals surface area (Å²) < 4.78 is 120. The first-order chi connectivity index (χ1) is 34.0. The van der Waals surface area contributed by atoms with Gasteiger partial charge in [0.05, 0.1) is 31.8 Å². The molecule has 11 N–H and O–H groups in total. The average Bonchev–Trinajstić information content (AvgIpc) is 3.28. The Labute approximate surface area is 528 Å². The molecule has 4 aliphatic rings. The topological polar surface area (TPSA) is 536 Å². The summed E-state index contributed by atoms with van der Waals surface area (Å²) in [5.41, 5.74) is 0. The SMILES string of the molecule is CC(=O)NC1C(OC2C(C(=O)[O-])OC(OC3C(COS(=O)(=O)[O-])OC(OC4C(C(=O)[O-])OC(OCCCCCCNC(=O)CCO)C(O)C4O)C(NC(C)=O)C3O)C(O)C2O)OC(COS(=O)(=O)[O-])C(O)C1O.[Na+].[Na+].[Na+].[Na+]. The van der Waals surface area contributed by atoms with Gasteiger partial charge in [-0.25, -0.2) is 16.8 Å². The van der Waals surface area contributed by atoms with Gasteiger partial charge in [-0.1, -0.05) is 12.8 Å². The van der Waals surface area contributed by atoms with E-state index in [1.807, 2.05) is 0 Å². The van der Waals surface area contributed by atoms with E-state index in [0.717, 1.165) is 13.8 Å². The number of carboxylic acids is 2. The van der Waals surface area contributed by atoms with Crippen LogP contribution in [0.15, 0.2) is 0 Å². The van der Waals surface area contributed by atoms with Crippen molar-refractivity contribution in [2.45, 2.75) is 169 Å². The number of aliphatic hydroxyl groups excluding tert-OH is 8. The second-order valence-electron chi connectivity index (χ2n) is 16.8. The van der Waals surface area contributed by atoms with Crippen LogP contribution in [0.25, 0.3) is 0 Å².